The van der Waals surface area contributed by atoms with Gasteiger partial charge in [0.05, 0.1) is 12.1 Å². The van der Waals surface area contributed by atoms with E-state index >= 15 is 0 Å². The van der Waals surface area contributed by atoms with E-state index in [1.54, 1.807) is 0 Å². The maximum atomic E-state index is 11.1. The molecule has 1 fully saturated rings. The molecule has 0 spiro atoms. The van der Waals surface area contributed by atoms with Gasteiger partial charge in [0.2, 0.25) is 0 Å². The number of nitrogens with one attached hydrogen (secondary N) is 2. The van der Waals surface area contributed by atoms with Gasteiger partial charge < -0.3 is 19.9 Å². The van der Waals surface area contributed by atoms with Gasteiger partial charge >= 0.3 is 6.09 Å². The first-order valence-corrected chi connectivity index (χ1v) is 7.87. The number of amides is 1. The molecular formula is C16H20ClN3O2. The van der Waals surface area contributed by atoms with Gasteiger partial charge in [-0.3, -0.25) is 0 Å². The monoisotopic (exact) mass is 321 g/mol. The summed E-state index contributed by atoms with van der Waals surface area (Å²) in [5.41, 5.74) is 2.34. The normalized spacial score (nSPS) is 14.3. The fourth-order valence-electron chi connectivity index (χ4n) is 2.49. The van der Waals surface area contributed by atoms with Crippen LogP contribution in [-0.4, -0.2) is 30.4 Å². The highest BCUT2D eigenvalue weighted by Crippen LogP contribution is 2.27. The molecular weight excluding hydrogens is 302 g/mol. The smallest absolute Gasteiger partial charge is 0.406 e. The molecule has 1 aliphatic rings. The van der Waals surface area contributed by atoms with Gasteiger partial charge in [-0.2, -0.15) is 0 Å². The Morgan fingerprint density at radius 2 is 2.27 bits per heavy atom. The highest BCUT2D eigenvalue weighted by Gasteiger charge is 2.20. The number of carbonyl (C=O) groups is 1. The molecule has 0 aliphatic heterocycles. The third-order valence-corrected chi connectivity index (χ3v) is 4.18. The van der Waals surface area contributed by atoms with Crippen LogP contribution in [0.2, 0.25) is 5.02 Å². The van der Waals surface area contributed by atoms with Crippen LogP contribution in [0.5, 0.6) is 0 Å². The number of benzene rings is 1. The van der Waals surface area contributed by atoms with Crippen LogP contribution in [0.3, 0.4) is 0 Å². The zero-order valence-corrected chi connectivity index (χ0v) is 13.3. The second-order valence-electron chi connectivity index (χ2n) is 5.60. The van der Waals surface area contributed by atoms with Crippen molar-refractivity contribution in [1.82, 2.24) is 15.2 Å². The Morgan fingerprint density at radius 1 is 1.45 bits per heavy atom. The number of alkyl carbamates (subject to hydrolysis) is 1. The lowest BCUT2D eigenvalue weighted by atomic mass is 10.1. The summed E-state index contributed by atoms with van der Waals surface area (Å²) in [5, 5.41) is 7.96. The van der Waals surface area contributed by atoms with E-state index in [0.29, 0.717) is 19.1 Å². The van der Waals surface area contributed by atoms with Crippen molar-refractivity contribution in [3.63, 3.8) is 0 Å². The van der Waals surface area contributed by atoms with Crippen molar-refractivity contribution in [2.45, 2.75) is 32.0 Å². The number of fused-ring (bicyclic) bond motifs is 1. The molecule has 1 aromatic heterocycles. The molecule has 5 nitrogen and oxygen atoms in total. The first kappa shape index (κ1) is 15.2. The van der Waals surface area contributed by atoms with Crippen LogP contribution >= 0.6 is 11.6 Å². The summed E-state index contributed by atoms with van der Waals surface area (Å²) < 4.78 is 6.63. The van der Waals surface area contributed by atoms with Crippen LogP contribution in [0, 0.1) is 0 Å². The molecule has 0 unspecified atom stereocenters. The van der Waals surface area contributed by atoms with Gasteiger partial charge in [-0.1, -0.05) is 23.7 Å². The van der Waals surface area contributed by atoms with Crippen molar-refractivity contribution in [3.05, 3.63) is 35.0 Å². The van der Waals surface area contributed by atoms with E-state index in [0.717, 1.165) is 22.5 Å². The number of hydrogen-bond donors (Lipinski definition) is 2. The Hall–Kier alpha value is -1.72. The van der Waals surface area contributed by atoms with Crippen LogP contribution in [0.25, 0.3) is 10.9 Å². The number of halogens is 1. The third kappa shape index (κ3) is 3.54. The molecule has 0 saturated heterocycles. The molecule has 3 rings (SSSR count). The summed E-state index contributed by atoms with van der Waals surface area (Å²) in [7, 11) is 1.36. The fourth-order valence-corrected chi connectivity index (χ4v) is 2.77. The maximum absolute atomic E-state index is 11.1. The number of ether oxygens (including phenoxy) is 1. The molecule has 0 bridgehead atoms. The summed E-state index contributed by atoms with van der Waals surface area (Å²) in [6.45, 7) is 2.03. The average Bonchev–Trinajstić information content (AvgIpc) is 3.30. The Balaban J connectivity index is 1.73. The quantitative estimate of drug-likeness (QED) is 0.860. The van der Waals surface area contributed by atoms with E-state index < -0.39 is 6.09 Å². The van der Waals surface area contributed by atoms with E-state index in [2.05, 4.69) is 38.1 Å². The molecule has 6 heteroatoms. The van der Waals surface area contributed by atoms with Crippen molar-refractivity contribution in [1.29, 1.82) is 0 Å². The molecule has 1 aromatic carbocycles. The number of hydrogen-bond acceptors (Lipinski definition) is 3. The second kappa shape index (κ2) is 6.58. The lowest BCUT2D eigenvalue weighted by Crippen LogP contribution is -2.26. The van der Waals surface area contributed by atoms with E-state index in [1.807, 2.05) is 6.20 Å². The highest BCUT2D eigenvalue weighted by atomic mass is 35.5. The molecule has 1 amide bonds. The Labute approximate surface area is 134 Å². The molecule has 1 saturated carbocycles. The van der Waals surface area contributed by atoms with Crippen molar-refractivity contribution in [2.75, 3.05) is 13.7 Å². The molecule has 118 valence electrons. The van der Waals surface area contributed by atoms with Crippen molar-refractivity contribution in [2.24, 2.45) is 0 Å². The number of methoxy groups -OCH3 is 1. The Morgan fingerprint density at radius 3 is 3.00 bits per heavy atom. The minimum absolute atomic E-state index is 0.420. The molecule has 22 heavy (non-hydrogen) atoms. The molecule has 2 N–H and O–H groups in total. The summed E-state index contributed by atoms with van der Waals surface area (Å²) >= 11 is 6.29. The maximum Gasteiger partial charge on any atom is 0.406 e. The van der Waals surface area contributed by atoms with Gasteiger partial charge in [0, 0.05) is 42.8 Å². The Kier molecular flexibility index (Phi) is 4.55. The van der Waals surface area contributed by atoms with Crippen LogP contribution in [0.15, 0.2) is 24.4 Å². The van der Waals surface area contributed by atoms with E-state index in [1.165, 1.54) is 25.5 Å². The van der Waals surface area contributed by atoms with Gasteiger partial charge in [0.15, 0.2) is 0 Å². The lowest BCUT2D eigenvalue weighted by molar-refractivity contribution is 0.170. The van der Waals surface area contributed by atoms with Gasteiger partial charge in [-0.15, -0.1) is 0 Å². The number of nitrogens with zero attached hydrogens (tertiary/aromatic N) is 1. The molecule has 2 aromatic rings. The molecule has 1 aliphatic carbocycles. The van der Waals surface area contributed by atoms with E-state index in [4.69, 9.17) is 11.6 Å². The largest absolute Gasteiger partial charge is 0.453 e. The summed E-state index contributed by atoms with van der Waals surface area (Å²) in [6, 6.07) is 7.02. The van der Waals surface area contributed by atoms with Crippen molar-refractivity contribution in [3.8, 4) is 0 Å². The third-order valence-electron chi connectivity index (χ3n) is 3.88. The number of rotatable bonds is 6. The topological polar surface area (TPSA) is 55.3 Å². The number of aromatic nitrogens is 1. The first-order chi connectivity index (χ1) is 10.7. The lowest BCUT2D eigenvalue weighted by Gasteiger charge is -2.08. The molecule has 1 heterocycles. The molecule has 0 atom stereocenters. The van der Waals surface area contributed by atoms with E-state index in [9.17, 15) is 4.79 Å². The predicted molar refractivity (Wildman–Crippen MR) is 87.2 cm³/mol. The van der Waals surface area contributed by atoms with Crippen LogP contribution < -0.4 is 10.6 Å². The van der Waals surface area contributed by atoms with Gasteiger partial charge in [-0.25, -0.2) is 4.79 Å². The summed E-state index contributed by atoms with van der Waals surface area (Å²) in [5.74, 6) is 0. The van der Waals surface area contributed by atoms with Crippen molar-refractivity contribution >= 4 is 28.6 Å². The van der Waals surface area contributed by atoms with Gasteiger partial charge in [-0.05, 0) is 24.5 Å². The average molecular weight is 322 g/mol. The second-order valence-corrected chi connectivity index (χ2v) is 6.00. The minimum Gasteiger partial charge on any atom is -0.453 e. The van der Waals surface area contributed by atoms with Crippen LogP contribution in [0.4, 0.5) is 4.79 Å². The van der Waals surface area contributed by atoms with Crippen LogP contribution in [0.1, 0.15) is 18.4 Å². The molecule has 0 radical (unpaired) electrons. The first-order valence-electron chi connectivity index (χ1n) is 7.50. The minimum atomic E-state index is -0.420. The van der Waals surface area contributed by atoms with Gasteiger partial charge in [0.25, 0.3) is 0 Å². The zero-order chi connectivity index (χ0) is 15.5. The number of carbonyl (C=O) groups excluding carboxylic acids is 1. The van der Waals surface area contributed by atoms with E-state index in [-0.39, 0.29) is 0 Å². The van der Waals surface area contributed by atoms with Crippen molar-refractivity contribution < 1.29 is 9.53 Å². The fraction of sp³-hybridized carbons (Fsp3) is 0.438. The summed E-state index contributed by atoms with van der Waals surface area (Å²) in [4.78, 5) is 11.1. The van der Waals surface area contributed by atoms with Crippen LogP contribution in [-0.2, 0) is 17.8 Å². The standard InChI is InChI=1S/C16H20ClN3O2/c1-22-16(21)18-6-7-20-10-14(17)13-5-2-11(8-15(13)20)9-19-12-3-4-12/h2,5,8,10,12,19H,3-4,6-7,9H2,1H3,(H,18,21). The Bertz CT molecular complexity index is 679. The highest BCUT2D eigenvalue weighted by molar-refractivity contribution is 6.35. The van der Waals surface area contributed by atoms with Gasteiger partial charge in [0.1, 0.15) is 0 Å². The SMILES string of the molecule is COC(=O)NCCn1cc(Cl)c2ccc(CNC3CC3)cc21. The summed E-state index contributed by atoms with van der Waals surface area (Å²) in [6.07, 6.45) is 4.05. The predicted octanol–water partition coefficient (Wildman–Crippen LogP) is 2.90. The zero-order valence-electron chi connectivity index (χ0n) is 12.6.